The van der Waals surface area contributed by atoms with E-state index in [0.717, 1.165) is 18.4 Å². The molecule has 8 saturated heterocycles. The number of ether oxygens (including phenoxy) is 16. The van der Waals surface area contributed by atoms with E-state index in [1.807, 2.05) is 0 Å². The van der Waals surface area contributed by atoms with E-state index in [0.29, 0.717) is 0 Å². The van der Waals surface area contributed by atoms with Crippen LogP contribution in [0.5, 0.6) is 0 Å². The lowest BCUT2D eigenvalue weighted by atomic mass is 9.77. The Hall–Kier alpha value is -4.59. The molecule has 11 heterocycles. The molecule has 53 unspecified atom stereocenters. The van der Waals surface area contributed by atoms with Gasteiger partial charge in [-0.15, -0.1) is 0 Å². The monoisotopic (exact) mass is 2160 g/mol. The number of aliphatic hydroxyl groups is 20. The lowest BCUT2D eigenvalue weighted by Gasteiger charge is -2.51. The van der Waals surface area contributed by atoms with Crippen LogP contribution in [0.15, 0.2) is 35.7 Å². The smallest absolute Gasteiger partial charge is 0.340 e. The number of carbonyl (C=O) groups is 4. The van der Waals surface area contributed by atoms with Crippen molar-refractivity contribution in [1.29, 1.82) is 0 Å². The average molecular weight is 2160 g/mol. The Morgan fingerprint density at radius 2 is 1.11 bits per heavy atom. The molecule has 50 heteroatoms. The van der Waals surface area contributed by atoms with Crippen LogP contribution in [-0.2, 0) is 97.2 Å². The number of aliphatic carboxylic acids is 1. The fourth-order valence-corrected chi connectivity index (χ4v) is 21.8. The molecule has 146 heavy (non-hydrogen) atoms. The third-order valence-corrected chi connectivity index (χ3v) is 32.5. The van der Waals surface area contributed by atoms with Gasteiger partial charge in [0.15, 0.2) is 49.6 Å². The average Bonchev–Trinajstić information content (AvgIpc) is 0.935. The number of epoxide rings is 1. The second-order valence-corrected chi connectivity index (χ2v) is 43.0. The number of carboxylic acid groups (broad SMARTS) is 1. The molecule has 10 aliphatic heterocycles. The molecule has 1 amide bonds. The maximum atomic E-state index is 14.2. The van der Waals surface area contributed by atoms with Gasteiger partial charge < -0.3 is 204 Å². The van der Waals surface area contributed by atoms with Gasteiger partial charge in [-0.1, -0.05) is 89.3 Å². The summed E-state index contributed by atoms with van der Waals surface area (Å²) in [5, 5.41) is 258. The summed E-state index contributed by atoms with van der Waals surface area (Å²) in [6, 6.07) is -3.98. The molecule has 8 fully saturated rings. The lowest BCUT2D eigenvalue weighted by molar-refractivity contribution is -0.398. The Labute approximate surface area is 861 Å². The van der Waals surface area contributed by atoms with E-state index in [2.05, 4.69) is 5.32 Å². The maximum absolute atomic E-state index is 14.2. The van der Waals surface area contributed by atoms with Crippen molar-refractivity contribution >= 4 is 58.6 Å². The van der Waals surface area contributed by atoms with E-state index in [-0.39, 0.29) is 96.6 Å². The fourth-order valence-electron chi connectivity index (χ4n) is 21.1. The summed E-state index contributed by atoms with van der Waals surface area (Å²) in [6.45, 7) is 21.5. The second-order valence-electron chi connectivity index (χ2n) is 41.9. The predicted molar refractivity (Wildman–Crippen MR) is 506 cm³/mol. The third-order valence-electron chi connectivity index (χ3n) is 31.1. The normalized spacial score (nSPS) is 45.2. The minimum atomic E-state index is -2.83. The van der Waals surface area contributed by atoms with Crippen molar-refractivity contribution in [2.45, 2.75) is 468 Å². The van der Waals surface area contributed by atoms with E-state index in [1.54, 1.807) is 48.5 Å². The molecule has 0 aliphatic carbocycles. The molecule has 27 N–H and O–H groups in total. The largest absolute Gasteiger partial charge is 0.479 e. The van der Waals surface area contributed by atoms with Crippen LogP contribution in [0.1, 0.15) is 197 Å². The molecule has 0 aromatic carbocycles. The second kappa shape index (κ2) is 52.3. The van der Waals surface area contributed by atoms with Crippen LogP contribution >= 0.6 is 34.8 Å². The first-order valence-electron chi connectivity index (χ1n) is 50.4. The quantitative estimate of drug-likeness (QED) is 0.0421. The van der Waals surface area contributed by atoms with Gasteiger partial charge in [-0.05, 0) is 118 Å². The number of nitrogens with zero attached hydrogens (tertiary/aromatic N) is 2. The number of halogens is 3. The number of cyclic esters (lactones) is 1. The van der Waals surface area contributed by atoms with Crippen LogP contribution in [-0.4, -0.2) is 427 Å². The number of carbonyl (C=O) groups excluding carboxylic acids is 3. The number of esters is 2. The van der Waals surface area contributed by atoms with Crippen molar-refractivity contribution < 1.29 is 207 Å². The highest BCUT2D eigenvalue weighted by molar-refractivity contribution is 6.49. The van der Waals surface area contributed by atoms with Gasteiger partial charge >= 0.3 is 17.9 Å². The van der Waals surface area contributed by atoms with Gasteiger partial charge in [-0.3, -0.25) is 10.0 Å². The number of nitrogens with one attached hydrogen (secondary N) is 1. The van der Waals surface area contributed by atoms with Crippen molar-refractivity contribution in [1.82, 2.24) is 14.9 Å². The molecule has 0 spiro atoms. The number of carboxylic acids is 1. The molecular weight excluding hydrogens is 2000 g/mol. The van der Waals surface area contributed by atoms with Crippen molar-refractivity contribution in [3.8, 4) is 0 Å². The van der Waals surface area contributed by atoms with Gasteiger partial charge in [0.25, 0.3) is 5.91 Å². The molecule has 0 radical (unpaired) electrons. The maximum Gasteiger partial charge on any atom is 0.340 e. The Balaban J connectivity index is 0.791. The Morgan fingerprint density at radius 1 is 0.534 bits per heavy atom. The molecule has 838 valence electrons. The number of hydrogen-bond acceptors (Lipinski definition) is 44. The number of hydrogen-bond donors (Lipinski definition) is 25. The fraction of sp³-hybridized carbons (Fsp3) is 0.854. The van der Waals surface area contributed by atoms with Gasteiger partial charge in [0.05, 0.1) is 168 Å². The Morgan fingerprint density at radius 3 is 1.72 bits per heavy atom. The zero-order valence-corrected chi connectivity index (χ0v) is 86.7. The summed E-state index contributed by atoms with van der Waals surface area (Å²) in [6.07, 6.45) is -59.7. The minimum Gasteiger partial charge on any atom is -0.479 e. The van der Waals surface area contributed by atoms with Crippen LogP contribution in [0.2, 0.25) is 15.2 Å². The first-order valence-corrected chi connectivity index (χ1v) is 51.5. The third kappa shape index (κ3) is 29.0. The van der Waals surface area contributed by atoms with Crippen molar-refractivity contribution in [2.24, 2.45) is 59.9 Å². The van der Waals surface area contributed by atoms with E-state index < -0.39 is 377 Å². The van der Waals surface area contributed by atoms with E-state index >= 15 is 0 Å². The molecule has 1 aromatic rings. The first-order chi connectivity index (χ1) is 68.3. The predicted octanol–water partition coefficient (Wildman–Crippen LogP) is -1.89. The molecule has 53 atom stereocenters. The lowest BCUT2D eigenvalue weighted by Crippen LogP contribution is -2.67. The number of amides is 1. The van der Waals surface area contributed by atoms with Gasteiger partial charge in [-0.2, -0.15) is 0 Å². The van der Waals surface area contributed by atoms with Crippen LogP contribution in [0, 0.1) is 41.4 Å². The zero-order valence-electron chi connectivity index (χ0n) is 84.4. The van der Waals surface area contributed by atoms with Crippen LogP contribution in [0.3, 0.4) is 0 Å². The van der Waals surface area contributed by atoms with E-state index in [9.17, 15) is 132 Å². The molecule has 11 rings (SSSR count). The number of fused-ring (bicyclic) bond motifs is 3. The topological polar surface area (TPSA) is 737 Å². The summed E-state index contributed by atoms with van der Waals surface area (Å²) in [7, 11) is 1.43. The number of aliphatic hydroxyl groups excluding tert-OH is 19. The summed E-state index contributed by atoms with van der Waals surface area (Å²) in [5.74, 6) is -14.2. The SMILES string of the molecule is CC1CCC(O)CC(O)CC(O)CC=CC(=O)OC(C(C)C(O)C(C)C(O)C(C)C(C)OC2CC(OC(=O)C3=C(N)C(C(=O)O)N(O)C=C3)C(NC(=O)c3c(Cl)c(Cl)c(Cl)n3C)C(C)O2)C(C)C2OC2C(O)CCCC(O)C(C)C(O)CC(O)C(C)C2CC(O)C(O)C(O)(CC1OC1C(O)C(C)OC(OC3C(O)OC(C)C(OC4OC(C)C(O)C(OC5CC(O)C(O)C(C)O5)C4O)C3OC3CC(O)C(N)C(C)O3)C1O)O2. The minimum absolute atomic E-state index is 0.00441. The first kappa shape index (κ1) is 122. The van der Waals surface area contributed by atoms with Crippen LogP contribution in [0.4, 0.5) is 0 Å². The summed E-state index contributed by atoms with van der Waals surface area (Å²) in [5.41, 5.74) is 11.2. The zero-order chi connectivity index (χ0) is 108. The highest BCUT2D eigenvalue weighted by Gasteiger charge is 2.60. The summed E-state index contributed by atoms with van der Waals surface area (Å²) >= 11 is 19.1. The standard InChI is InChI=1S/C96H156Cl3N5O42/c1-34-22-23-49(106)27-50(107)26-48(105)18-16-21-62(115)140-80(39(6)74(117)38(5)73(116)35(2)41(8)131-65-32-60(139-92(127)51-24-25-104(130)72(69(51)101)91(125)126)70(43(10)133-65)102-90(124)71-66(97)67(98)89(99)103(71)15)40(7)81-83(143-81)53(109)20-17-19-52(108)36(3)54(110)28-55(111)37(4)59-29-58(114)88(123)96(129,146-59)33-61(34)138-84-76(119)45(12)137-95(78(84)121)145-87-86(142-63-30-56(112)68(100)42(9)132-63)82(47(14)135-93(87)128)144-94-79(122)85(77(120)46(13)136-94)141-64-31-57(113)75(118)44(11)134-64/h16,21,24-25,34-50,52-61,63-65,68,70,72-88,93-95,105-114,116-123,128-130H,17-20,22-23,26-33,100-101H2,1-15H3,(H,102,124)(H,125,126). The highest BCUT2D eigenvalue weighted by atomic mass is 35.5. The number of hydroxylamine groups is 2. The molecular formula is C96H156Cl3N5O42. The number of nitrogens with two attached hydrogens (primary N) is 2. The van der Waals surface area contributed by atoms with Gasteiger partial charge in [0.1, 0.15) is 96.3 Å². The number of rotatable bonds is 23. The Bertz CT molecular complexity index is 4420. The molecule has 0 saturated carbocycles. The summed E-state index contributed by atoms with van der Waals surface area (Å²) < 4.78 is 101. The number of aromatic nitrogens is 1. The van der Waals surface area contributed by atoms with Crippen molar-refractivity contribution in [3.05, 3.63) is 56.6 Å². The molecule has 10 aliphatic rings. The van der Waals surface area contributed by atoms with E-state index in [1.165, 1.54) is 66.2 Å². The summed E-state index contributed by atoms with van der Waals surface area (Å²) in [4.78, 5) is 54.4. The van der Waals surface area contributed by atoms with Crippen molar-refractivity contribution in [3.63, 3.8) is 0 Å². The molecule has 2 bridgehead atoms. The van der Waals surface area contributed by atoms with Gasteiger partial charge in [0, 0.05) is 86.9 Å². The van der Waals surface area contributed by atoms with Crippen molar-refractivity contribution in [2.75, 3.05) is 0 Å². The Kier molecular flexibility index (Phi) is 43.6. The highest BCUT2D eigenvalue weighted by Crippen LogP contribution is 2.46. The van der Waals surface area contributed by atoms with Gasteiger partial charge in [0.2, 0.25) is 0 Å². The molecule has 47 nitrogen and oxygen atoms in total. The van der Waals surface area contributed by atoms with Crippen LogP contribution in [0.25, 0.3) is 0 Å². The van der Waals surface area contributed by atoms with Crippen LogP contribution < -0.4 is 16.8 Å². The molecule has 1 aromatic heterocycles. The van der Waals surface area contributed by atoms with Gasteiger partial charge in [-0.25, -0.2) is 19.4 Å². The van der Waals surface area contributed by atoms with E-state index in [4.69, 9.17) is 122 Å².